The lowest BCUT2D eigenvalue weighted by atomic mass is 10.1. The summed E-state index contributed by atoms with van der Waals surface area (Å²) in [6.07, 6.45) is 7.62. The van der Waals surface area contributed by atoms with Gasteiger partial charge in [0.05, 0.1) is 5.69 Å². The van der Waals surface area contributed by atoms with Crippen molar-refractivity contribution >= 4 is 5.69 Å². The molecule has 0 spiro atoms. The molecule has 0 amide bonds. The molecule has 1 aliphatic heterocycles. The van der Waals surface area contributed by atoms with Gasteiger partial charge in [0.1, 0.15) is 5.82 Å². The Balaban J connectivity index is 1.87. The smallest absolute Gasteiger partial charge is 0.161 e. The minimum absolute atomic E-state index is 0.459. The van der Waals surface area contributed by atoms with Gasteiger partial charge in [-0.2, -0.15) is 0 Å². The molecule has 2 aromatic rings. The Hall–Kier alpha value is -1.88. The van der Waals surface area contributed by atoms with Crippen molar-refractivity contribution in [2.45, 2.75) is 25.8 Å². The van der Waals surface area contributed by atoms with Gasteiger partial charge >= 0.3 is 0 Å². The van der Waals surface area contributed by atoms with E-state index in [9.17, 15) is 0 Å². The lowest BCUT2D eigenvalue weighted by Gasteiger charge is -2.25. The predicted molar refractivity (Wildman–Crippen MR) is 73.6 cm³/mol. The SMILES string of the molecule is Cc1nccn1-c1ncccc1NC1CCOCC1. The summed E-state index contributed by atoms with van der Waals surface area (Å²) < 4.78 is 7.39. The van der Waals surface area contributed by atoms with Crippen LogP contribution in [0.15, 0.2) is 30.7 Å². The zero-order valence-electron chi connectivity index (χ0n) is 11.0. The first-order chi connectivity index (χ1) is 9.34. The van der Waals surface area contributed by atoms with Crippen LogP contribution in [0.25, 0.3) is 5.82 Å². The van der Waals surface area contributed by atoms with Crippen LogP contribution in [0.2, 0.25) is 0 Å². The standard InChI is InChI=1S/C14H18N4O/c1-11-15-7-8-18(11)14-13(3-2-6-16-14)17-12-4-9-19-10-5-12/h2-3,6-8,12,17H,4-5,9-10H2,1H3. The Kier molecular flexibility index (Phi) is 3.46. The van der Waals surface area contributed by atoms with Gasteiger partial charge in [0.2, 0.25) is 0 Å². The van der Waals surface area contributed by atoms with Gasteiger partial charge in [-0.1, -0.05) is 0 Å². The second-order valence-electron chi connectivity index (χ2n) is 4.75. The van der Waals surface area contributed by atoms with Crippen LogP contribution in [-0.4, -0.2) is 33.8 Å². The average Bonchev–Trinajstić information content (AvgIpc) is 2.87. The van der Waals surface area contributed by atoms with E-state index in [-0.39, 0.29) is 0 Å². The molecule has 19 heavy (non-hydrogen) atoms. The monoisotopic (exact) mass is 258 g/mol. The second-order valence-corrected chi connectivity index (χ2v) is 4.75. The van der Waals surface area contributed by atoms with Gasteiger partial charge in [0.25, 0.3) is 0 Å². The number of ether oxygens (including phenoxy) is 1. The number of pyridine rings is 1. The lowest BCUT2D eigenvalue weighted by molar-refractivity contribution is 0.0904. The minimum Gasteiger partial charge on any atom is -0.381 e. The number of aromatic nitrogens is 3. The first kappa shape index (κ1) is 12.2. The maximum absolute atomic E-state index is 5.39. The highest BCUT2D eigenvalue weighted by molar-refractivity contribution is 5.57. The van der Waals surface area contributed by atoms with Crippen molar-refractivity contribution in [2.24, 2.45) is 0 Å². The third-order valence-electron chi connectivity index (χ3n) is 3.42. The summed E-state index contributed by atoms with van der Waals surface area (Å²) in [6, 6.07) is 4.48. The molecule has 5 nitrogen and oxygen atoms in total. The summed E-state index contributed by atoms with van der Waals surface area (Å²) in [5, 5.41) is 3.57. The van der Waals surface area contributed by atoms with Crippen molar-refractivity contribution in [1.29, 1.82) is 0 Å². The molecular weight excluding hydrogens is 240 g/mol. The quantitative estimate of drug-likeness (QED) is 0.916. The summed E-state index contributed by atoms with van der Waals surface area (Å²) in [4.78, 5) is 8.73. The Morgan fingerprint density at radius 2 is 2.11 bits per heavy atom. The molecule has 0 aliphatic carbocycles. The number of nitrogens with zero attached hydrogens (tertiary/aromatic N) is 3. The van der Waals surface area contributed by atoms with Gasteiger partial charge in [0.15, 0.2) is 5.82 Å². The third-order valence-corrected chi connectivity index (χ3v) is 3.42. The molecule has 0 radical (unpaired) electrons. The van der Waals surface area contributed by atoms with E-state index >= 15 is 0 Å². The average molecular weight is 258 g/mol. The molecule has 1 saturated heterocycles. The van der Waals surface area contributed by atoms with Crippen molar-refractivity contribution in [2.75, 3.05) is 18.5 Å². The fourth-order valence-corrected chi connectivity index (χ4v) is 2.37. The molecule has 2 aromatic heterocycles. The first-order valence-electron chi connectivity index (χ1n) is 6.64. The van der Waals surface area contributed by atoms with E-state index in [0.29, 0.717) is 6.04 Å². The topological polar surface area (TPSA) is 52.0 Å². The largest absolute Gasteiger partial charge is 0.381 e. The number of hydrogen-bond acceptors (Lipinski definition) is 4. The van der Waals surface area contributed by atoms with Gasteiger partial charge in [-0.3, -0.25) is 4.57 Å². The van der Waals surface area contributed by atoms with E-state index in [4.69, 9.17) is 4.74 Å². The van der Waals surface area contributed by atoms with E-state index < -0.39 is 0 Å². The van der Waals surface area contributed by atoms with Crippen LogP contribution in [-0.2, 0) is 4.74 Å². The van der Waals surface area contributed by atoms with Gasteiger partial charge in [0, 0.05) is 37.8 Å². The van der Waals surface area contributed by atoms with Gasteiger partial charge in [-0.15, -0.1) is 0 Å². The highest BCUT2D eigenvalue weighted by Gasteiger charge is 2.16. The maximum Gasteiger partial charge on any atom is 0.161 e. The highest BCUT2D eigenvalue weighted by atomic mass is 16.5. The number of rotatable bonds is 3. The van der Waals surface area contributed by atoms with E-state index in [1.807, 2.05) is 30.0 Å². The fourth-order valence-electron chi connectivity index (χ4n) is 2.37. The molecule has 3 heterocycles. The molecule has 1 N–H and O–H groups in total. The Labute approximate surface area is 112 Å². The zero-order chi connectivity index (χ0) is 13.1. The van der Waals surface area contributed by atoms with E-state index in [0.717, 1.165) is 43.4 Å². The molecular formula is C14H18N4O. The Bertz CT molecular complexity index is 546. The van der Waals surface area contributed by atoms with Crippen LogP contribution in [0.1, 0.15) is 18.7 Å². The highest BCUT2D eigenvalue weighted by Crippen LogP contribution is 2.21. The van der Waals surface area contributed by atoms with E-state index in [1.165, 1.54) is 0 Å². The molecule has 0 saturated carbocycles. The van der Waals surface area contributed by atoms with E-state index in [1.54, 1.807) is 6.20 Å². The molecule has 1 aliphatic rings. The van der Waals surface area contributed by atoms with Crippen LogP contribution >= 0.6 is 0 Å². The van der Waals surface area contributed by atoms with Gasteiger partial charge < -0.3 is 10.1 Å². The predicted octanol–water partition coefficient (Wildman–Crippen LogP) is 2.17. The molecule has 0 atom stereocenters. The van der Waals surface area contributed by atoms with Crippen molar-refractivity contribution in [3.8, 4) is 5.82 Å². The van der Waals surface area contributed by atoms with E-state index in [2.05, 4.69) is 21.4 Å². The summed E-state index contributed by atoms with van der Waals surface area (Å²) in [5.74, 6) is 1.85. The van der Waals surface area contributed by atoms with Crippen molar-refractivity contribution in [3.63, 3.8) is 0 Å². The molecule has 1 fully saturated rings. The second kappa shape index (κ2) is 5.40. The van der Waals surface area contributed by atoms with Crippen LogP contribution in [0.5, 0.6) is 0 Å². The molecule has 3 rings (SSSR count). The van der Waals surface area contributed by atoms with Crippen LogP contribution < -0.4 is 5.32 Å². The van der Waals surface area contributed by atoms with Gasteiger partial charge in [-0.05, 0) is 31.9 Å². The normalized spacial score (nSPS) is 16.5. The summed E-state index contributed by atoms with van der Waals surface area (Å²) in [6.45, 7) is 3.64. The number of aryl methyl sites for hydroxylation is 1. The maximum atomic E-state index is 5.39. The molecule has 0 unspecified atom stereocenters. The Morgan fingerprint density at radius 1 is 1.26 bits per heavy atom. The molecule has 0 aromatic carbocycles. The van der Waals surface area contributed by atoms with Crippen LogP contribution in [0.3, 0.4) is 0 Å². The number of hydrogen-bond donors (Lipinski definition) is 1. The minimum atomic E-state index is 0.459. The summed E-state index contributed by atoms with van der Waals surface area (Å²) >= 11 is 0. The van der Waals surface area contributed by atoms with Crippen LogP contribution in [0, 0.1) is 6.92 Å². The van der Waals surface area contributed by atoms with Crippen molar-refractivity contribution in [3.05, 3.63) is 36.5 Å². The third kappa shape index (κ3) is 2.61. The number of nitrogens with one attached hydrogen (secondary N) is 1. The van der Waals surface area contributed by atoms with Crippen molar-refractivity contribution in [1.82, 2.24) is 14.5 Å². The van der Waals surface area contributed by atoms with Crippen LogP contribution in [0.4, 0.5) is 5.69 Å². The molecule has 0 bridgehead atoms. The zero-order valence-corrected chi connectivity index (χ0v) is 11.0. The summed E-state index contributed by atoms with van der Waals surface area (Å²) in [5.41, 5.74) is 1.05. The van der Waals surface area contributed by atoms with Gasteiger partial charge in [-0.25, -0.2) is 9.97 Å². The molecule has 100 valence electrons. The number of anilines is 1. The Morgan fingerprint density at radius 3 is 2.84 bits per heavy atom. The fraction of sp³-hybridized carbons (Fsp3) is 0.429. The molecule has 5 heteroatoms. The lowest BCUT2D eigenvalue weighted by Crippen LogP contribution is -2.28. The summed E-state index contributed by atoms with van der Waals surface area (Å²) in [7, 11) is 0. The number of imidazole rings is 1. The first-order valence-corrected chi connectivity index (χ1v) is 6.64. The van der Waals surface area contributed by atoms with Crippen molar-refractivity contribution < 1.29 is 4.74 Å².